The fourth-order valence-corrected chi connectivity index (χ4v) is 1.89. The van der Waals surface area contributed by atoms with Crippen molar-refractivity contribution in [2.24, 2.45) is 0 Å². The normalized spacial score (nSPS) is 41.8. The van der Waals surface area contributed by atoms with Crippen molar-refractivity contribution in [3.05, 3.63) is 0 Å². The zero-order valence-electron chi connectivity index (χ0n) is 9.13. The molecule has 1 fully saturated rings. The molecule has 0 saturated carbocycles. The van der Waals surface area contributed by atoms with Crippen molar-refractivity contribution in [2.45, 2.75) is 30.7 Å². The minimum absolute atomic E-state index is 0.660. The van der Waals surface area contributed by atoms with Gasteiger partial charge in [0.15, 0.2) is 12.4 Å². The lowest BCUT2D eigenvalue weighted by atomic mass is 9.99. The van der Waals surface area contributed by atoms with Gasteiger partial charge in [-0.1, -0.05) is 0 Å². The van der Waals surface area contributed by atoms with Crippen molar-refractivity contribution in [3.8, 4) is 0 Å². The maximum atomic E-state index is 11.0. The van der Waals surface area contributed by atoms with Gasteiger partial charge in [-0.25, -0.2) is 0 Å². The summed E-state index contributed by atoms with van der Waals surface area (Å²) in [6.45, 7) is -0.660. The van der Waals surface area contributed by atoms with Gasteiger partial charge < -0.3 is 25.2 Å². The van der Waals surface area contributed by atoms with Crippen LogP contribution in [0.1, 0.15) is 1.37 Å². The Kier molecular flexibility index (Phi) is 3.74. The van der Waals surface area contributed by atoms with E-state index in [0.717, 1.165) is 0 Å². The maximum absolute atomic E-state index is 11.0. The predicted molar refractivity (Wildman–Crippen MR) is 49.7 cm³/mol. The molecule has 0 bridgehead atoms. The van der Waals surface area contributed by atoms with Gasteiger partial charge in [0.2, 0.25) is 0 Å². The number of ether oxygens (including phenoxy) is 1. The Hall–Kier alpha value is -0.290. The molecule has 0 radical (unpaired) electrons. The zero-order chi connectivity index (χ0) is 13.2. The predicted octanol–water partition coefficient (Wildman–Crippen LogP) is -3.24. The molecule has 0 aliphatic carbocycles. The number of aliphatic hydroxyl groups excluding tert-OH is 4. The summed E-state index contributed by atoms with van der Waals surface area (Å²) in [4.78, 5) is 0. The molecule has 1 rings (SSSR count). The number of aliphatic hydroxyl groups is 4. The highest BCUT2D eigenvalue weighted by molar-refractivity contribution is 7.86. The third-order valence-corrected chi connectivity index (χ3v) is 2.62. The van der Waals surface area contributed by atoms with E-state index < -0.39 is 53.7 Å². The molecule has 96 valence electrons. The monoisotopic (exact) mass is 259 g/mol. The van der Waals surface area contributed by atoms with E-state index >= 15 is 0 Å². The standard InChI is InChI=1S/C7H14O8S/c1-16(12,13)15-6-5(10)4(9)3(2-8)14-7(6)11/h3-11H,2H2,1H3/t3-,4-,5+,6+,7?/m1/s1/i1D. The number of hydrogen-bond acceptors (Lipinski definition) is 8. The van der Waals surface area contributed by atoms with Crippen LogP contribution in [0.3, 0.4) is 0 Å². The third kappa shape index (κ3) is 3.10. The van der Waals surface area contributed by atoms with Crippen molar-refractivity contribution >= 4 is 10.1 Å². The van der Waals surface area contributed by atoms with E-state index in [2.05, 4.69) is 8.92 Å². The Labute approximate surface area is 93.6 Å². The Balaban J connectivity index is 2.80. The first-order chi connectivity index (χ1) is 7.82. The van der Waals surface area contributed by atoms with Crippen LogP contribution in [-0.2, 0) is 19.0 Å². The van der Waals surface area contributed by atoms with Crippen molar-refractivity contribution < 1.29 is 39.1 Å². The average molecular weight is 259 g/mol. The van der Waals surface area contributed by atoms with Crippen LogP contribution in [-0.4, -0.2) is 72.4 Å². The average Bonchev–Trinajstić information content (AvgIpc) is 2.29. The summed E-state index contributed by atoms with van der Waals surface area (Å²) in [6.07, 6.45) is -9.25. The molecule has 9 heteroatoms. The third-order valence-electron chi connectivity index (χ3n) is 2.10. The molecule has 1 unspecified atom stereocenters. The second kappa shape index (κ2) is 4.92. The summed E-state index contributed by atoms with van der Waals surface area (Å²) < 4.78 is 37.7. The summed E-state index contributed by atoms with van der Waals surface area (Å²) in [7, 11) is -4.24. The molecule has 8 nitrogen and oxygen atoms in total. The van der Waals surface area contributed by atoms with E-state index in [1.165, 1.54) is 0 Å². The van der Waals surface area contributed by atoms with Crippen molar-refractivity contribution in [3.63, 3.8) is 0 Å². The maximum Gasteiger partial charge on any atom is 0.264 e. The van der Waals surface area contributed by atoms with Gasteiger partial charge in [-0.3, -0.25) is 4.18 Å². The summed E-state index contributed by atoms with van der Waals surface area (Å²) in [5.74, 6) is 0. The Morgan fingerprint density at radius 1 is 1.38 bits per heavy atom. The van der Waals surface area contributed by atoms with E-state index in [1.807, 2.05) is 0 Å². The first-order valence-electron chi connectivity index (χ1n) is 5.04. The van der Waals surface area contributed by atoms with E-state index in [9.17, 15) is 23.7 Å². The van der Waals surface area contributed by atoms with E-state index in [0.29, 0.717) is 0 Å². The molecule has 0 amide bonds. The van der Waals surface area contributed by atoms with Gasteiger partial charge in [0, 0.05) is 1.37 Å². The highest BCUT2D eigenvalue weighted by Gasteiger charge is 2.45. The molecule has 1 saturated heterocycles. The van der Waals surface area contributed by atoms with E-state index in [4.69, 9.17) is 6.48 Å². The van der Waals surface area contributed by atoms with Crippen molar-refractivity contribution in [2.75, 3.05) is 12.8 Å². The molecule has 0 aromatic carbocycles. The molecular formula is C7H14O8S. The lowest BCUT2D eigenvalue weighted by Gasteiger charge is -2.38. The van der Waals surface area contributed by atoms with Crippen LogP contribution in [0.5, 0.6) is 0 Å². The molecule has 1 aliphatic heterocycles. The minimum atomic E-state index is -4.24. The summed E-state index contributed by atoms with van der Waals surface area (Å²) in [5.41, 5.74) is 0. The van der Waals surface area contributed by atoms with Crippen LogP contribution in [0.2, 0.25) is 0 Å². The Morgan fingerprint density at radius 2 is 2.00 bits per heavy atom. The second-order valence-electron chi connectivity index (χ2n) is 3.35. The summed E-state index contributed by atoms with van der Waals surface area (Å²) in [5, 5.41) is 37.1. The molecule has 1 aliphatic rings. The van der Waals surface area contributed by atoms with E-state index in [1.54, 1.807) is 0 Å². The smallest absolute Gasteiger partial charge is 0.264 e. The Bertz CT molecular complexity index is 346. The van der Waals surface area contributed by atoms with Crippen LogP contribution in [0.25, 0.3) is 0 Å². The van der Waals surface area contributed by atoms with Crippen LogP contribution >= 0.6 is 0 Å². The summed E-state index contributed by atoms with van der Waals surface area (Å²) >= 11 is 0. The van der Waals surface area contributed by atoms with Gasteiger partial charge in [-0.2, -0.15) is 8.42 Å². The molecule has 16 heavy (non-hydrogen) atoms. The number of rotatable bonds is 3. The molecular weight excluding hydrogens is 244 g/mol. The molecule has 5 atom stereocenters. The van der Waals surface area contributed by atoms with Crippen LogP contribution in [0, 0.1) is 0 Å². The van der Waals surface area contributed by atoms with Gasteiger partial charge in [0.25, 0.3) is 10.1 Å². The van der Waals surface area contributed by atoms with Crippen LogP contribution in [0.4, 0.5) is 0 Å². The number of hydrogen-bond donors (Lipinski definition) is 4. The molecule has 0 aromatic rings. The lowest BCUT2D eigenvalue weighted by Crippen LogP contribution is -2.59. The zero-order valence-corrected chi connectivity index (χ0v) is 8.95. The quantitative estimate of drug-likeness (QED) is 0.389. The molecule has 0 aromatic heterocycles. The molecule has 0 spiro atoms. The van der Waals surface area contributed by atoms with Gasteiger partial charge in [-0.05, 0) is 0 Å². The fourth-order valence-electron chi connectivity index (χ4n) is 1.34. The van der Waals surface area contributed by atoms with E-state index in [-0.39, 0.29) is 0 Å². The van der Waals surface area contributed by atoms with Crippen molar-refractivity contribution in [1.82, 2.24) is 0 Å². The highest BCUT2D eigenvalue weighted by Crippen LogP contribution is 2.23. The first-order valence-corrected chi connectivity index (χ1v) is 5.91. The molecule has 4 N–H and O–H groups in total. The topological polar surface area (TPSA) is 134 Å². The summed E-state index contributed by atoms with van der Waals surface area (Å²) in [6, 6.07) is 0. The van der Waals surface area contributed by atoms with Gasteiger partial charge in [-0.15, -0.1) is 0 Å². The lowest BCUT2D eigenvalue weighted by molar-refractivity contribution is -0.279. The van der Waals surface area contributed by atoms with Gasteiger partial charge in [0.1, 0.15) is 18.3 Å². The largest absolute Gasteiger partial charge is 0.394 e. The fraction of sp³-hybridized carbons (Fsp3) is 1.00. The van der Waals surface area contributed by atoms with Crippen molar-refractivity contribution in [1.29, 1.82) is 0 Å². The Morgan fingerprint density at radius 3 is 2.50 bits per heavy atom. The first kappa shape index (κ1) is 12.2. The van der Waals surface area contributed by atoms with Gasteiger partial charge >= 0.3 is 0 Å². The van der Waals surface area contributed by atoms with Crippen LogP contribution in [0.15, 0.2) is 0 Å². The second-order valence-corrected chi connectivity index (χ2v) is 4.66. The minimum Gasteiger partial charge on any atom is -0.394 e. The highest BCUT2D eigenvalue weighted by atomic mass is 32.2. The SMILES string of the molecule is [2H]CS(=O)(=O)O[C@@H]1C(O)O[C@H](CO)[C@@H](O)[C@@H]1O. The van der Waals surface area contributed by atoms with Crippen LogP contribution < -0.4 is 0 Å². The molecule has 1 heterocycles. The van der Waals surface area contributed by atoms with Gasteiger partial charge in [0.05, 0.1) is 12.8 Å².